The lowest BCUT2D eigenvalue weighted by Gasteiger charge is -2.08. The van der Waals surface area contributed by atoms with Gasteiger partial charge in [-0.2, -0.15) is 5.10 Å². The number of rotatable bonds is 4. The molecule has 0 bridgehead atoms. The molecule has 0 aliphatic rings. The topological polar surface area (TPSA) is 67.6 Å². The third-order valence-corrected chi connectivity index (χ3v) is 4.88. The number of halogens is 1. The first-order chi connectivity index (χ1) is 10.6. The first-order valence-corrected chi connectivity index (χ1v) is 7.85. The van der Waals surface area contributed by atoms with Crippen molar-refractivity contribution < 1.29 is 4.39 Å². The van der Waals surface area contributed by atoms with Gasteiger partial charge in [-0.1, -0.05) is 0 Å². The van der Waals surface area contributed by atoms with Crippen molar-refractivity contribution in [2.24, 2.45) is 5.73 Å². The number of thiazole rings is 1. The second kappa shape index (κ2) is 5.98. The Labute approximate surface area is 132 Å². The van der Waals surface area contributed by atoms with E-state index < -0.39 is 0 Å². The highest BCUT2D eigenvalue weighted by Crippen LogP contribution is 2.30. The largest absolute Gasteiger partial charge is 0.329 e. The summed E-state index contributed by atoms with van der Waals surface area (Å²) in [7, 11) is 0. The average molecular weight is 316 g/mol. The van der Waals surface area contributed by atoms with Crippen LogP contribution in [0.25, 0.3) is 11.3 Å². The molecular weight excluding hydrogens is 299 g/mol. The number of H-pyrrole nitrogens is 1. The molecule has 0 spiro atoms. The lowest BCUT2D eigenvalue weighted by molar-refractivity contribution is 0.628. The molecule has 0 amide bonds. The summed E-state index contributed by atoms with van der Waals surface area (Å²) in [5, 5.41) is 8.35. The Kier molecular flexibility index (Phi) is 4.04. The summed E-state index contributed by atoms with van der Waals surface area (Å²) in [6.45, 7) is 4.51. The van der Waals surface area contributed by atoms with Crippen LogP contribution in [0.2, 0.25) is 0 Å². The van der Waals surface area contributed by atoms with Gasteiger partial charge in [-0.15, -0.1) is 11.3 Å². The van der Waals surface area contributed by atoms with Gasteiger partial charge in [0.1, 0.15) is 10.8 Å². The van der Waals surface area contributed by atoms with Gasteiger partial charge in [0.25, 0.3) is 0 Å². The molecule has 3 rings (SSSR count). The lowest BCUT2D eigenvalue weighted by atomic mass is 10.1. The van der Waals surface area contributed by atoms with Crippen LogP contribution in [0.1, 0.15) is 27.2 Å². The predicted molar refractivity (Wildman–Crippen MR) is 86.5 cm³/mol. The number of nitrogens with one attached hydrogen (secondary N) is 1. The maximum atomic E-state index is 13.0. The summed E-state index contributed by atoms with van der Waals surface area (Å²) < 4.78 is 13.0. The molecule has 0 aliphatic heterocycles. The van der Waals surface area contributed by atoms with E-state index in [2.05, 4.69) is 22.1 Å². The molecule has 0 aliphatic carbocycles. The molecule has 3 N–H and O–H groups in total. The second-order valence-corrected chi connectivity index (χ2v) is 6.43. The molecule has 2 aromatic heterocycles. The monoisotopic (exact) mass is 316 g/mol. The molecule has 1 atom stereocenters. The number of nitrogens with two attached hydrogens (primary N) is 1. The van der Waals surface area contributed by atoms with Gasteiger partial charge in [0.05, 0.1) is 17.3 Å². The molecule has 4 nitrogen and oxygen atoms in total. The fourth-order valence-corrected chi connectivity index (χ4v) is 3.35. The van der Waals surface area contributed by atoms with Gasteiger partial charge in [-0.25, -0.2) is 9.37 Å². The minimum atomic E-state index is -0.256. The number of aromatic amines is 1. The van der Waals surface area contributed by atoms with Crippen LogP contribution in [-0.2, 0) is 0 Å². The minimum Gasteiger partial charge on any atom is -0.329 e. The Morgan fingerprint density at radius 1 is 1.27 bits per heavy atom. The molecule has 0 saturated heterocycles. The fraction of sp³-hybridized carbons (Fsp3) is 0.250. The number of aryl methyl sites for hydroxylation is 2. The number of aromatic nitrogens is 3. The maximum absolute atomic E-state index is 13.0. The summed E-state index contributed by atoms with van der Waals surface area (Å²) in [4.78, 5) is 5.79. The Bertz CT molecular complexity index is 756. The van der Waals surface area contributed by atoms with Crippen LogP contribution < -0.4 is 5.73 Å². The van der Waals surface area contributed by atoms with Gasteiger partial charge in [0.2, 0.25) is 0 Å². The van der Waals surface area contributed by atoms with Gasteiger partial charge >= 0.3 is 0 Å². The molecule has 114 valence electrons. The predicted octanol–water partition coefficient (Wildman–Crippen LogP) is 3.38. The number of nitrogens with zero attached hydrogens (tertiary/aromatic N) is 2. The van der Waals surface area contributed by atoms with Crippen LogP contribution in [0.5, 0.6) is 0 Å². The summed E-state index contributed by atoms with van der Waals surface area (Å²) in [5.74, 6) is -0.257. The van der Waals surface area contributed by atoms with Crippen LogP contribution in [-0.4, -0.2) is 21.7 Å². The first-order valence-electron chi connectivity index (χ1n) is 7.03. The van der Waals surface area contributed by atoms with Crippen molar-refractivity contribution in [3.8, 4) is 11.3 Å². The Morgan fingerprint density at radius 3 is 2.59 bits per heavy atom. The molecule has 6 heteroatoms. The van der Waals surface area contributed by atoms with Crippen molar-refractivity contribution in [2.75, 3.05) is 6.54 Å². The highest BCUT2D eigenvalue weighted by molar-refractivity contribution is 7.11. The molecule has 1 aromatic carbocycles. The normalized spacial score (nSPS) is 12.5. The van der Waals surface area contributed by atoms with E-state index in [1.54, 1.807) is 23.5 Å². The van der Waals surface area contributed by atoms with Crippen LogP contribution >= 0.6 is 11.3 Å². The Balaban J connectivity index is 1.92. The van der Waals surface area contributed by atoms with E-state index in [-0.39, 0.29) is 11.7 Å². The van der Waals surface area contributed by atoms with Gasteiger partial charge in [-0.05, 0) is 44.2 Å². The smallest absolute Gasteiger partial charge is 0.123 e. The van der Waals surface area contributed by atoms with Crippen LogP contribution in [0.15, 0.2) is 30.3 Å². The standard InChI is InChI=1S/C16H17FN4S/c1-9-10(2)22-16(19-9)13(8-18)15-7-14(20-21-15)11-3-5-12(17)6-4-11/h3-7,13H,8,18H2,1-2H3,(H,20,21). The molecule has 22 heavy (non-hydrogen) atoms. The van der Waals surface area contributed by atoms with Crippen molar-refractivity contribution in [3.63, 3.8) is 0 Å². The van der Waals surface area contributed by atoms with Crippen molar-refractivity contribution in [3.05, 3.63) is 57.4 Å². The van der Waals surface area contributed by atoms with Gasteiger partial charge < -0.3 is 5.73 Å². The van der Waals surface area contributed by atoms with Crippen molar-refractivity contribution in [2.45, 2.75) is 19.8 Å². The van der Waals surface area contributed by atoms with Crippen LogP contribution in [0, 0.1) is 19.7 Å². The quantitative estimate of drug-likeness (QED) is 0.775. The molecular formula is C16H17FN4S. The van der Waals surface area contributed by atoms with E-state index >= 15 is 0 Å². The summed E-state index contributed by atoms with van der Waals surface area (Å²) in [6, 6.07) is 8.24. The summed E-state index contributed by atoms with van der Waals surface area (Å²) in [6.07, 6.45) is 0. The summed E-state index contributed by atoms with van der Waals surface area (Å²) in [5.41, 5.74) is 9.54. The fourth-order valence-electron chi connectivity index (χ4n) is 2.29. The lowest BCUT2D eigenvalue weighted by Crippen LogP contribution is -2.14. The Hall–Kier alpha value is -2.05. The van der Waals surface area contributed by atoms with E-state index in [1.807, 2.05) is 13.0 Å². The molecule has 3 aromatic rings. The van der Waals surface area contributed by atoms with E-state index in [9.17, 15) is 4.39 Å². The van der Waals surface area contributed by atoms with Crippen LogP contribution in [0.3, 0.4) is 0 Å². The highest BCUT2D eigenvalue weighted by Gasteiger charge is 2.20. The molecule has 0 fully saturated rings. The average Bonchev–Trinajstić information content (AvgIpc) is 3.09. The van der Waals surface area contributed by atoms with E-state index in [4.69, 9.17) is 5.73 Å². The van der Waals surface area contributed by atoms with E-state index in [1.165, 1.54) is 17.0 Å². The molecule has 0 radical (unpaired) electrons. The maximum Gasteiger partial charge on any atom is 0.123 e. The zero-order valence-corrected chi connectivity index (χ0v) is 13.2. The van der Waals surface area contributed by atoms with Crippen molar-refractivity contribution in [1.29, 1.82) is 0 Å². The SMILES string of the molecule is Cc1nc(C(CN)c2cc(-c3ccc(F)cc3)n[nH]2)sc1C. The molecule has 2 heterocycles. The third-order valence-electron chi connectivity index (χ3n) is 3.69. The number of benzene rings is 1. The number of hydrogen-bond acceptors (Lipinski definition) is 4. The van der Waals surface area contributed by atoms with Gasteiger partial charge in [-0.3, -0.25) is 5.10 Å². The van der Waals surface area contributed by atoms with Gasteiger partial charge in [0.15, 0.2) is 0 Å². The molecule has 1 unspecified atom stereocenters. The van der Waals surface area contributed by atoms with Gasteiger partial charge in [0, 0.05) is 22.7 Å². The Morgan fingerprint density at radius 2 is 2.00 bits per heavy atom. The van der Waals surface area contributed by atoms with E-state index in [0.29, 0.717) is 6.54 Å². The van der Waals surface area contributed by atoms with Crippen molar-refractivity contribution in [1.82, 2.24) is 15.2 Å². The highest BCUT2D eigenvalue weighted by atomic mass is 32.1. The van der Waals surface area contributed by atoms with Crippen LogP contribution in [0.4, 0.5) is 4.39 Å². The first kappa shape index (κ1) is 14.9. The molecule has 0 saturated carbocycles. The zero-order chi connectivity index (χ0) is 15.7. The minimum absolute atomic E-state index is 0.000835. The summed E-state index contributed by atoms with van der Waals surface area (Å²) >= 11 is 1.66. The zero-order valence-electron chi connectivity index (χ0n) is 12.4. The second-order valence-electron chi connectivity index (χ2n) is 5.20. The van der Waals surface area contributed by atoms with Crippen molar-refractivity contribution >= 4 is 11.3 Å². The third kappa shape index (κ3) is 2.80. The number of hydrogen-bond donors (Lipinski definition) is 2. The van der Waals surface area contributed by atoms with E-state index in [0.717, 1.165) is 27.7 Å².